The smallest absolute Gasteiger partial charge is 0.169 e. The highest BCUT2D eigenvalue weighted by atomic mass is 79.9. The van der Waals surface area contributed by atoms with Gasteiger partial charge in [0.15, 0.2) is 4.67 Å². The van der Waals surface area contributed by atoms with Crippen molar-refractivity contribution >= 4 is 15.9 Å². The number of nitrogens with one attached hydrogen (secondary N) is 1. The van der Waals surface area contributed by atoms with E-state index in [1.807, 2.05) is 12.1 Å². The average Bonchev–Trinajstić information content (AvgIpc) is 2.49. The Bertz CT molecular complexity index is 307. The molecule has 1 aromatic heterocycles. The molecule has 14 heavy (non-hydrogen) atoms. The Balaban J connectivity index is 1.72. The largest absolute Gasteiger partial charge is 0.453 e. The van der Waals surface area contributed by atoms with Crippen LogP contribution >= 0.6 is 15.9 Å². The zero-order chi connectivity index (χ0) is 10.0. The summed E-state index contributed by atoms with van der Waals surface area (Å²) in [6, 6.07) is 3.79. The van der Waals surface area contributed by atoms with Gasteiger partial charge in [0.05, 0.1) is 12.1 Å². The molecule has 0 aliphatic heterocycles. The van der Waals surface area contributed by atoms with Crippen LogP contribution in [-0.2, 0) is 6.54 Å². The van der Waals surface area contributed by atoms with Gasteiger partial charge in [0.1, 0.15) is 5.76 Å². The van der Waals surface area contributed by atoms with Gasteiger partial charge < -0.3 is 14.8 Å². The predicted molar refractivity (Wildman–Crippen MR) is 56.9 cm³/mol. The van der Waals surface area contributed by atoms with E-state index in [2.05, 4.69) is 21.2 Å². The first-order chi connectivity index (χ1) is 6.68. The number of hydrogen-bond acceptors (Lipinski definition) is 3. The lowest BCUT2D eigenvalue weighted by molar-refractivity contribution is -0.0317. The van der Waals surface area contributed by atoms with Gasteiger partial charge in [0.25, 0.3) is 0 Å². The summed E-state index contributed by atoms with van der Waals surface area (Å²) in [6.07, 6.45) is 2.98. The third-order valence-electron chi connectivity index (χ3n) is 2.67. The average molecular weight is 260 g/mol. The van der Waals surface area contributed by atoms with Crippen molar-refractivity contribution in [3.63, 3.8) is 0 Å². The van der Waals surface area contributed by atoms with Crippen molar-refractivity contribution in [3.8, 4) is 0 Å². The lowest BCUT2D eigenvalue weighted by Gasteiger charge is -2.36. The van der Waals surface area contributed by atoms with Gasteiger partial charge in [0, 0.05) is 6.54 Å². The maximum atomic E-state index is 9.79. The number of halogens is 1. The van der Waals surface area contributed by atoms with E-state index in [-0.39, 0.29) is 0 Å². The molecule has 1 heterocycles. The molecule has 0 unspecified atom stereocenters. The Morgan fingerprint density at radius 3 is 2.79 bits per heavy atom. The lowest BCUT2D eigenvalue weighted by atomic mass is 9.80. The summed E-state index contributed by atoms with van der Waals surface area (Å²) < 4.78 is 6.07. The minimum Gasteiger partial charge on any atom is -0.453 e. The van der Waals surface area contributed by atoms with Gasteiger partial charge in [-0.05, 0) is 47.3 Å². The molecule has 3 nitrogen and oxygen atoms in total. The van der Waals surface area contributed by atoms with E-state index in [4.69, 9.17) is 4.42 Å². The van der Waals surface area contributed by atoms with Crippen molar-refractivity contribution in [1.29, 1.82) is 0 Å². The molecule has 2 N–H and O–H groups in total. The summed E-state index contributed by atoms with van der Waals surface area (Å²) >= 11 is 3.24. The lowest BCUT2D eigenvalue weighted by Crippen LogP contribution is -2.45. The Hall–Kier alpha value is -0.320. The second kappa shape index (κ2) is 4.04. The quantitative estimate of drug-likeness (QED) is 0.870. The Kier molecular flexibility index (Phi) is 2.95. The summed E-state index contributed by atoms with van der Waals surface area (Å²) in [5.74, 6) is 0.889. The molecule has 1 fully saturated rings. The van der Waals surface area contributed by atoms with Gasteiger partial charge in [0.2, 0.25) is 0 Å². The molecule has 78 valence electrons. The normalized spacial score (nSPS) is 19.3. The van der Waals surface area contributed by atoms with Crippen LogP contribution in [0.25, 0.3) is 0 Å². The number of rotatable bonds is 4. The summed E-state index contributed by atoms with van der Waals surface area (Å²) in [6.45, 7) is 1.33. The Labute approximate surface area is 91.6 Å². The highest BCUT2D eigenvalue weighted by molar-refractivity contribution is 9.10. The van der Waals surface area contributed by atoms with Crippen LogP contribution in [0.15, 0.2) is 21.2 Å². The molecule has 0 radical (unpaired) electrons. The number of furan rings is 1. The van der Waals surface area contributed by atoms with E-state index in [0.29, 0.717) is 13.1 Å². The zero-order valence-electron chi connectivity index (χ0n) is 7.92. The van der Waals surface area contributed by atoms with E-state index in [9.17, 15) is 5.11 Å². The standard InChI is InChI=1S/C10H14BrNO2/c11-9-3-2-8(14-9)6-12-7-10(13)4-1-5-10/h2-3,12-13H,1,4-7H2. The van der Waals surface area contributed by atoms with Crippen molar-refractivity contribution in [2.24, 2.45) is 0 Å². The summed E-state index contributed by atoms with van der Waals surface area (Å²) in [5, 5.41) is 13.0. The van der Waals surface area contributed by atoms with Gasteiger partial charge >= 0.3 is 0 Å². The van der Waals surface area contributed by atoms with E-state index in [0.717, 1.165) is 29.7 Å². The zero-order valence-corrected chi connectivity index (χ0v) is 9.51. The maximum absolute atomic E-state index is 9.79. The molecule has 1 aliphatic rings. The fraction of sp³-hybridized carbons (Fsp3) is 0.600. The van der Waals surface area contributed by atoms with Crippen LogP contribution in [0.4, 0.5) is 0 Å². The van der Waals surface area contributed by atoms with E-state index in [1.165, 1.54) is 0 Å². The Morgan fingerprint density at radius 1 is 1.50 bits per heavy atom. The number of hydrogen-bond donors (Lipinski definition) is 2. The fourth-order valence-electron chi connectivity index (χ4n) is 1.63. The summed E-state index contributed by atoms with van der Waals surface area (Å²) in [5.41, 5.74) is -0.455. The minimum absolute atomic E-state index is 0.455. The molecule has 0 saturated heterocycles. The molecule has 1 aliphatic carbocycles. The molecule has 0 spiro atoms. The highest BCUT2D eigenvalue weighted by Crippen LogP contribution is 2.30. The Morgan fingerprint density at radius 2 is 2.29 bits per heavy atom. The molecule has 1 saturated carbocycles. The van der Waals surface area contributed by atoms with Crippen LogP contribution in [0.1, 0.15) is 25.0 Å². The van der Waals surface area contributed by atoms with Gasteiger partial charge in [-0.1, -0.05) is 0 Å². The van der Waals surface area contributed by atoms with Crippen LogP contribution in [0.3, 0.4) is 0 Å². The molecule has 0 amide bonds. The summed E-state index contributed by atoms with van der Waals surface area (Å²) in [7, 11) is 0. The number of aliphatic hydroxyl groups is 1. The molecule has 2 rings (SSSR count). The van der Waals surface area contributed by atoms with Crippen molar-refractivity contribution in [2.45, 2.75) is 31.4 Å². The van der Waals surface area contributed by atoms with Gasteiger partial charge in [-0.2, -0.15) is 0 Å². The minimum atomic E-state index is -0.455. The molecule has 1 aromatic rings. The first-order valence-electron chi connectivity index (χ1n) is 4.85. The molecular formula is C10H14BrNO2. The monoisotopic (exact) mass is 259 g/mol. The van der Waals surface area contributed by atoms with E-state index >= 15 is 0 Å². The third-order valence-corrected chi connectivity index (χ3v) is 3.09. The summed E-state index contributed by atoms with van der Waals surface area (Å²) in [4.78, 5) is 0. The van der Waals surface area contributed by atoms with Crippen LogP contribution in [0, 0.1) is 0 Å². The van der Waals surface area contributed by atoms with Crippen LogP contribution in [0.5, 0.6) is 0 Å². The highest BCUT2D eigenvalue weighted by Gasteiger charge is 2.33. The SMILES string of the molecule is OC1(CNCc2ccc(Br)o2)CCC1. The van der Waals surface area contributed by atoms with E-state index < -0.39 is 5.60 Å². The molecule has 0 aromatic carbocycles. The second-order valence-electron chi connectivity index (χ2n) is 3.89. The first kappa shape index (κ1) is 10.2. The van der Waals surface area contributed by atoms with Gasteiger partial charge in [-0.3, -0.25) is 0 Å². The predicted octanol–water partition coefficient (Wildman–Crippen LogP) is 2.05. The van der Waals surface area contributed by atoms with Crippen molar-refractivity contribution < 1.29 is 9.52 Å². The van der Waals surface area contributed by atoms with Gasteiger partial charge in [-0.15, -0.1) is 0 Å². The molecular weight excluding hydrogens is 246 g/mol. The fourth-order valence-corrected chi connectivity index (χ4v) is 1.97. The van der Waals surface area contributed by atoms with Crippen molar-refractivity contribution in [2.75, 3.05) is 6.54 Å². The second-order valence-corrected chi connectivity index (χ2v) is 4.67. The first-order valence-corrected chi connectivity index (χ1v) is 5.65. The molecule has 0 bridgehead atoms. The third kappa shape index (κ3) is 2.38. The van der Waals surface area contributed by atoms with Crippen molar-refractivity contribution in [3.05, 3.63) is 22.6 Å². The molecule has 0 atom stereocenters. The van der Waals surface area contributed by atoms with Crippen LogP contribution in [0.2, 0.25) is 0 Å². The van der Waals surface area contributed by atoms with Crippen molar-refractivity contribution in [1.82, 2.24) is 5.32 Å². The van der Waals surface area contributed by atoms with Gasteiger partial charge in [-0.25, -0.2) is 0 Å². The van der Waals surface area contributed by atoms with E-state index in [1.54, 1.807) is 0 Å². The van der Waals surface area contributed by atoms with Crippen LogP contribution < -0.4 is 5.32 Å². The topological polar surface area (TPSA) is 45.4 Å². The maximum Gasteiger partial charge on any atom is 0.169 e. The molecule has 4 heteroatoms. The van der Waals surface area contributed by atoms with Crippen LogP contribution in [-0.4, -0.2) is 17.3 Å².